The molecule has 0 atom stereocenters. The maximum absolute atomic E-state index is 12.0. The second-order valence-corrected chi connectivity index (χ2v) is 5.48. The average molecular weight is 349 g/mol. The van der Waals surface area contributed by atoms with Crippen LogP contribution in [0.4, 0.5) is 5.69 Å². The highest BCUT2D eigenvalue weighted by atomic mass is 79.9. The van der Waals surface area contributed by atoms with Gasteiger partial charge < -0.3 is 15.8 Å². The molecule has 4 nitrogen and oxygen atoms in total. The quantitative estimate of drug-likeness (QED) is 0.824. The molecule has 2 aromatic rings. The Morgan fingerprint density at radius 3 is 2.71 bits per heavy atom. The fraction of sp³-hybridized carbons (Fsp3) is 0.188. The lowest BCUT2D eigenvalue weighted by Gasteiger charge is -2.12. The van der Waals surface area contributed by atoms with Crippen molar-refractivity contribution in [3.05, 3.63) is 52.0 Å². The van der Waals surface area contributed by atoms with Crippen molar-refractivity contribution in [2.45, 2.75) is 13.8 Å². The van der Waals surface area contributed by atoms with Crippen LogP contribution in [0.1, 0.15) is 22.8 Å². The number of anilines is 1. The summed E-state index contributed by atoms with van der Waals surface area (Å²) in [5, 5.41) is 2.76. The van der Waals surface area contributed by atoms with E-state index in [9.17, 15) is 4.79 Å². The van der Waals surface area contributed by atoms with E-state index in [0.29, 0.717) is 29.3 Å². The number of carbonyl (C=O) groups excluding carboxylic acids is 1. The lowest BCUT2D eigenvalue weighted by molar-refractivity contribution is 0.0953. The number of aryl methyl sites for hydroxylation is 1. The van der Waals surface area contributed by atoms with Gasteiger partial charge in [0, 0.05) is 22.8 Å². The average Bonchev–Trinajstić information content (AvgIpc) is 2.43. The minimum atomic E-state index is -0.179. The molecule has 0 saturated heterocycles. The zero-order chi connectivity index (χ0) is 15.4. The van der Waals surface area contributed by atoms with E-state index >= 15 is 0 Å². The summed E-state index contributed by atoms with van der Waals surface area (Å²) in [7, 11) is 0. The molecule has 0 spiro atoms. The van der Waals surface area contributed by atoms with Gasteiger partial charge >= 0.3 is 0 Å². The number of nitrogens with one attached hydrogen (secondary N) is 1. The van der Waals surface area contributed by atoms with E-state index in [1.807, 2.05) is 32.0 Å². The van der Waals surface area contributed by atoms with E-state index in [2.05, 4.69) is 21.2 Å². The predicted octanol–water partition coefficient (Wildman–Crippen LogP) is 3.88. The smallest absolute Gasteiger partial charge is 0.255 e. The second-order valence-electron chi connectivity index (χ2n) is 4.63. The minimum Gasteiger partial charge on any atom is -0.456 e. The molecule has 0 heterocycles. The van der Waals surface area contributed by atoms with E-state index in [4.69, 9.17) is 10.5 Å². The summed E-state index contributed by atoms with van der Waals surface area (Å²) < 4.78 is 6.84. The van der Waals surface area contributed by atoms with Crippen molar-refractivity contribution in [3.8, 4) is 11.5 Å². The summed E-state index contributed by atoms with van der Waals surface area (Å²) in [5.74, 6) is 0.927. The van der Waals surface area contributed by atoms with Gasteiger partial charge in [-0.15, -0.1) is 0 Å². The fourth-order valence-corrected chi connectivity index (χ4v) is 2.12. The molecule has 0 bridgehead atoms. The van der Waals surface area contributed by atoms with Crippen LogP contribution in [0.25, 0.3) is 0 Å². The van der Waals surface area contributed by atoms with Gasteiger partial charge in [-0.2, -0.15) is 0 Å². The molecule has 2 aromatic carbocycles. The van der Waals surface area contributed by atoms with Gasteiger partial charge in [0.2, 0.25) is 0 Å². The Morgan fingerprint density at radius 1 is 1.29 bits per heavy atom. The SMILES string of the molecule is CCNC(=O)c1ccc(N)cc1Oc1ccc(Br)c(C)c1. The van der Waals surface area contributed by atoms with Crippen LogP contribution in [0.3, 0.4) is 0 Å². The van der Waals surface area contributed by atoms with E-state index in [1.54, 1.807) is 18.2 Å². The van der Waals surface area contributed by atoms with Crippen molar-refractivity contribution < 1.29 is 9.53 Å². The number of nitrogens with two attached hydrogens (primary N) is 1. The highest BCUT2D eigenvalue weighted by molar-refractivity contribution is 9.10. The number of amides is 1. The number of rotatable bonds is 4. The summed E-state index contributed by atoms with van der Waals surface area (Å²) in [6.45, 7) is 4.40. The van der Waals surface area contributed by atoms with Gasteiger partial charge in [-0.1, -0.05) is 15.9 Å². The van der Waals surface area contributed by atoms with Crippen molar-refractivity contribution in [2.75, 3.05) is 12.3 Å². The molecule has 0 saturated carbocycles. The number of nitrogen functional groups attached to an aromatic ring is 1. The molecule has 0 radical (unpaired) electrons. The van der Waals surface area contributed by atoms with Crippen molar-refractivity contribution in [1.82, 2.24) is 5.32 Å². The molecule has 0 aliphatic heterocycles. The highest BCUT2D eigenvalue weighted by Gasteiger charge is 2.13. The molecule has 5 heteroatoms. The van der Waals surface area contributed by atoms with Crippen LogP contribution in [0.5, 0.6) is 11.5 Å². The molecule has 0 aromatic heterocycles. The predicted molar refractivity (Wildman–Crippen MR) is 87.8 cm³/mol. The van der Waals surface area contributed by atoms with E-state index in [-0.39, 0.29) is 5.91 Å². The Bertz CT molecular complexity index is 671. The third-order valence-corrected chi connectivity index (χ3v) is 3.83. The molecule has 0 aliphatic rings. The normalized spacial score (nSPS) is 10.2. The molecule has 1 amide bonds. The number of carbonyl (C=O) groups is 1. The Balaban J connectivity index is 2.35. The third kappa shape index (κ3) is 3.76. The Kier molecular flexibility index (Phi) is 4.85. The number of hydrogen-bond donors (Lipinski definition) is 2. The largest absolute Gasteiger partial charge is 0.456 e. The fourth-order valence-electron chi connectivity index (χ4n) is 1.87. The van der Waals surface area contributed by atoms with Crippen LogP contribution >= 0.6 is 15.9 Å². The summed E-state index contributed by atoms with van der Waals surface area (Å²) >= 11 is 3.44. The zero-order valence-electron chi connectivity index (χ0n) is 11.9. The minimum absolute atomic E-state index is 0.179. The summed E-state index contributed by atoms with van der Waals surface area (Å²) in [5.41, 5.74) is 7.85. The van der Waals surface area contributed by atoms with Gasteiger partial charge in [0.05, 0.1) is 5.56 Å². The molecule has 3 N–H and O–H groups in total. The maximum atomic E-state index is 12.0. The van der Waals surface area contributed by atoms with Crippen LogP contribution < -0.4 is 15.8 Å². The Hall–Kier alpha value is -2.01. The molecule has 110 valence electrons. The van der Waals surface area contributed by atoms with Gasteiger partial charge in [0.1, 0.15) is 11.5 Å². The van der Waals surface area contributed by atoms with Gasteiger partial charge in [-0.25, -0.2) is 0 Å². The van der Waals surface area contributed by atoms with Gasteiger partial charge in [-0.3, -0.25) is 4.79 Å². The standard InChI is InChI=1S/C16H17BrN2O2/c1-3-19-16(20)13-6-4-11(18)9-15(13)21-12-5-7-14(17)10(2)8-12/h4-9H,3,18H2,1-2H3,(H,19,20). The van der Waals surface area contributed by atoms with Gasteiger partial charge in [0.25, 0.3) is 5.91 Å². The lowest BCUT2D eigenvalue weighted by atomic mass is 10.1. The summed E-state index contributed by atoms with van der Waals surface area (Å²) in [6, 6.07) is 10.6. The molecule has 0 fully saturated rings. The topological polar surface area (TPSA) is 64.4 Å². The van der Waals surface area contributed by atoms with Crippen LogP contribution in [0.2, 0.25) is 0 Å². The first-order valence-corrected chi connectivity index (χ1v) is 7.42. The van der Waals surface area contributed by atoms with E-state index < -0.39 is 0 Å². The molecule has 21 heavy (non-hydrogen) atoms. The van der Waals surface area contributed by atoms with Crippen molar-refractivity contribution in [3.63, 3.8) is 0 Å². The van der Waals surface area contributed by atoms with Crippen LogP contribution in [0, 0.1) is 6.92 Å². The molecule has 2 rings (SSSR count). The Labute approximate surface area is 132 Å². The first-order chi connectivity index (χ1) is 10.0. The van der Waals surface area contributed by atoms with Gasteiger partial charge in [-0.05, 0) is 49.7 Å². The molecule has 0 aliphatic carbocycles. The van der Waals surface area contributed by atoms with Crippen molar-refractivity contribution in [2.24, 2.45) is 0 Å². The van der Waals surface area contributed by atoms with E-state index in [1.165, 1.54) is 0 Å². The molecule has 0 unspecified atom stereocenters. The number of benzene rings is 2. The van der Waals surface area contributed by atoms with Crippen LogP contribution in [0.15, 0.2) is 40.9 Å². The third-order valence-electron chi connectivity index (χ3n) is 2.94. The summed E-state index contributed by atoms with van der Waals surface area (Å²) in [6.07, 6.45) is 0. The first kappa shape index (κ1) is 15.4. The first-order valence-electron chi connectivity index (χ1n) is 6.63. The number of hydrogen-bond acceptors (Lipinski definition) is 3. The van der Waals surface area contributed by atoms with Crippen molar-refractivity contribution in [1.29, 1.82) is 0 Å². The highest BCUT2D eigenvalue weighted by Crippen LogP contribution is 2.30. The number of ether oxygens (including phenoxy) is 1. The summed E-state index contributed by atoms with van der Waals surface area (Å²) in [4.78, 5) is 12.0. The van der Waals surface area contributed by atoms with Crippen LogP contribution in [-0.4, -0.2) is 12.5 Å². The molecular weight excluding hydrogens is 332 g/mol. The number of halogens is 1. The maximum Gasteiger partial charge on any atom is 0.255 e. The lowest BCUT2D eigenvalue weighted by Crippen LogP contribution is -2.23. The van der Waals surface area contributed by atoms with Gasteiger partial charge in [0.15, 0.2) is 0 Å². The van der Waals surface area contributed by atoms with Crippen LogP contribution in [-0.2, 0) is 0 Å². The van der Waals surface area contributed by atoms with E-state index in [0.717, 1.165) is 10.0 Å². The van der Waals surface area contributed by atoms with Crippen molar-refractivity contribution >= 4 is 27.5 Å². The Morgan fingerprint density at radius 2 is 2.05 bits per heavy atom. The molecular formula is C16H17BrN2O2. The monoisotopic (exact) mass is 348 g/mol. The zero-order valence-corrected chi connectivity index (χ0v) is 13.5. The second kappa shape index (κ2) is 6.63.